The zero-order valence-electron chi connectivity index (χ0n) is 15.0. The molecule has 0 radical (unpaired) electrons. The molecule has 0 saturated carbocycles. The summed E-state index contributed by atoms with van der Waals surface area (Å²) < 4.78 is 60.4. The molecular weight excluding hydrogens is 420 g/mol. The molecule has 2 aromatic rings. The predicted octanol–water partition coefficient (Wildman–Crippen LogP) is 2.64. The average Bonchev–Trinajstić information content (AvgIpc) is 2.63. The van der Waals surface area contributed by atoms with E-state index in [-0.39, 0.29) is 44.6 Å². The Balaban J connectivity index is 2.63. The van der Waals surface area contributed by atoms with Crippen LogP contribution in [0.25, 0.3) is 0 Å². The maximum absolute atomic E-state index is 13.1. The van der Waals surface area contributed by atoms with Gasteiger partial charge in [-0.05, 0) is 11.6 Å². The van der Waals surface area contributed by atoms with E-state index in [1.807, 2.05) is 0 Å². The van der Waals surface area contributed by atoms with Crippen molar-refractivity contribution in [3.8, 4) is 11.8 Å². The summed E-state index contributed by atoms with van der Waals surface area (Å²) in [5.41, 5.74) is -0.246. The molecular formula is C16H16ClF2N3O5S. The molecule has 12 heteroatoms. The third-order valence-electron chi connectivity index (χ3n) is 3.53. The van der Waals surface area contributed by atoms with Gasteiger partial charge in [0.25, 0.3) is 0 Å². The summed E-state index contributed by atoms with van der Waals surface area (Å²) in [5.74, 6) is -4.46. The lowest BCUT2D eigenvalue weighted by atomic mass is 10.1. The van der Waals surface area contributed by atoms with Gasteiger partial charge >= 0.3 is 15.8 Å². The van der Waals surface area contributed by atoms with Crippen LogP contribution in [0.3, 0.4) is 0 Å². The molecule has 0 aliphatic heterocycles. The Kier molecular flexibility index (Phi) is 6.73. The van der Waals surface area contributed by atoms with Crippen LogP contribution in [0.1, 0.15) is 18.3 Å². The number of carbonyl (C=O) groups is 1. The van der Waals surface area contributed by atoms with E-state index in [9.17, 15) is 22.0 Å². The zero-order valence-corrected chi connectivity index (χ0v) is 16.6. The third kappa shape index (κ3) is 4.47. The molecule has 28 heavy (non-hydrogen) atoms. The van der Waals surface area contributed by atoms with Crippen molar-refractivity contribution < 1.29 is 31.5 Å². The minimum Gasteiger partial charge on any atom is -0.481 e. The van der Waals surface area contributed by atoms with Crippen LogP contribution in [0.5, 0.6) is 11.8 Å². The van der Waals surface area contributed by atoms with Crippen molar-refractivity contribution in [2.24, 2.45) is 0 Å². The van der Waals surface area contributed by atoms with Crippen molar-refractivity contribution in [2.75, 3.05) is 18.5 Å². The van der Waals surface area contributed by atoms with Crippen molar-refractivity contribution in [1.29, 1.82) is 0 Å². The lowest BCUT2D eigenvalue weighted by molar-refractivity contribution is -0.115. The van der Waals surface area contributed by atoms with E-state index in [1.54, 1.807) is 0 Å². The summed E-state index contributed by atoms with van der Waals surface area (Å²) in [6.07, 6.45) is -0.133. The van der Waals surface area contributed by atoms with Crippen LogP contribution in [0, 0.1) is 0 Å². The first-order chi connectivity index (χ1) is 13.1. The Morgan fingerprint density at radius 2 is 1.79 bits per heavy atom. The number of anilines is 1. The van der Waals surface area contributed by atoms with Gasteiger partial charge in [-0.1, -0.05) is 23.7 Å². The molecule has 8 nitrogen and oxygen atoms in total. The van der Waals surface area contributed by atoms with Gasteiger partial charge in [0.1, 0.15) is 5.82 Å². The Labute approximate surface area is 165 Å². The number of ether oxygens (including phenoxy) is 2. The highest BCUT2D eigenvalue weighted by Gasteiger charge is 2.37. The van der Waals surface area contributed by atoms with Crippen molar-refractivity contribution in [3.05, 3.63) is 40.7 Å². The fourth-order valence-electron chi connectivity index (χ4n) is 2.38. The number of amides is 1. The molecule has 0 unspecified atom stereocenters. The number of aromatic nitrogens is 2. The Morgan fingerprint density at radius 3 is 2.25 bits per heavy atom. The van der Waals surface area contributed by atoms with Crippen LogP contribution < -0.4 is 13.8 Å². The predicted molar refractivity (Wildman–Crippen MR) is 97.5 cm³/mol. The van der Waals surface area contributed by atoms with Crippen LogP contribution in [0.15, 0.2) is 24.3 Å². The van der Waals surface area contributed by atoms with Gasteiger partial charge in [-0.2, -0.15) is 27.2 Å². The summed E-state index contributed by atoms with van der Waals surface area (Å²) >= 11 is 6.07. The molecule has 0 spiro atoms. The van der Waals surface area contributed by atoms with Gasteiger partial charge in [0.2, 0.25) is 17.7 Å². The summed E-state index contributed by atoms with van der Waals surface area (Å²) in [6, 6.07) is 5.61. The second kappa shape index (κ2) is 8.65. The van der Waals surface area contributed by atoms with Gasteiger partial charge in [0.05, 0.1) is 31.0 Å². The maximum Gasteiger partial charge on any atom is 0.355 e. The van der Waals surface area contributed by atoms with Crippen LogP contribution in [-0.2, 0) is 21.2 Å². The van der Waals surface area contributed by atoms with Crippen molar-refractivity contribution >= 4 is 33.2 Å². The van der Waals surface area contributed by atoms with Crippen molar-refractivity contribution in [2.45, 2.75) is 19.1 Å². The van der Waals surface area contributed by atoms with E-state index in [4.69, 9.17) is 21.1 Å². The number of carbonyl (C=O) groups excluding carboxylic acids is 1. The number of benzene rings is 1. The topological polar surface area (TPSA) is 98.7 Å². The Morgan fingerprint density at radius 1 is 1.21 bits per heavy atom. The Hall–Kier alpha value is -2.53. The summed E-state index contributed by atoms with van der Waals surface area (Å²) in [5, 5.41) is -0.202. The quantitative estimate of drug-likeness (QED) is 0.659. The van der Waals surface area contributed by atoms with Crippen LogP contribution in [0.2, 0.25) is 5.02 Å². The zero-order chi connectivity index (χ0) is 21.1. The minimum absolute atomic E-state index is 0.00720. The van der Waals surface area contributed by atoms with E-state index < -0.39 is 21.7 Å². The molecule has 0 aliphatic carbocycles. The van der Waals surface area contributed by atoms with Gasteiger partial charge in [0, 0.05) is 13.3 Å². The monoisotopic (exact) mass is 435 g/mol. The number of sulfonamides is 1. The summed E-state index contributed by atoms with van der Waals surface area (Å²) in [4.78, 5) is 20.2. The highest BCUT2D eigenvalue weighted by molar-refractivity contribution is 7.93. The van der Waals surface area contributed by atoms with Crippen molar-refractivity contribution in [3.63, 3.8) is 0 Å². The number of halogens is 3. The van der Waals surface area contributed by atoms with Crippen LogP contribution in [0.4, 0.5) is 14.5 Å². The lowest BCUT2D eigenvalue weighted by Crippen LogP contribution is -2.39. The van der Waals surface area contributed by atoms with E-state index in [1.165, 1.54) is 38.5 Å². The van der Waals surface area contributed by atoms with Gasteiger partial charge in [-0.3, -0.25) is 4.79 Å². The fourth-order valence-corrected chi connectivity index (χ4v) is 3.70. The van der Waals surface area contributed by atoms with E-state index in [2.05, 4.69) is 9.97 Å². The maximum atomic E-state index is 13.1. The second-order valence-electron chi connectivity index (χ2n) is 5.38. The smallest absolute Gasteiger partial charge is 0.355 e. The normalized spacial score (nSPS) is 11.4. The number of alkyl halides is 2. The van der Waals surface area contributed by atoms with Crippen LogP contribution in [-0.4, -0.2) is 44.3 Å². The number of nitrogens with zero attached hydrogens (tertiary/aromatic N) is 3. The molecule has 0 aliphatic rings. The van der Waals surface area contributed by atoms with E-state index in [0.717, 1.165) is 6.92 Å². The molecule has 1 aromatic carbocycles. The highest BCUT2D eigenvalue weighted by Crippen LogP contribution is 2.35. The van der Waals surface area contributed by atoms with E-state index in [0.29, 0.717) is 0 Å². The fraction of sp³-hybridized carbons (Fsp3) is 0.312. The van der Waals surface area contributed by atoms with Crippen LogP contribution >= 0.6 is 11.6 Å². The van der Waals surface area contributed by atoms with Gasteiger partial charge in [-0.25, -0.2) is 4.31 Å². The molecule has 0 fully saturated rings. The molecule has 0 saturated heterocycles. The molecule has 2 rings (SSSR count). The van der Waals surface area contributed by atoms with Gasteiger partial charge in [0.15, 0.2) is 0 Å². The number of rotatable bonds is 7. The first-order valence-corrected chi connectivity index (χ1v) is 9.56. The average molecular weight is 436 g/mol. The molecule has 0 atom stereocenters. The van der Waals surface area contributed by atoms with Gasteiger partial charge in [-0.15, -0.1) is 0 Å². The van der Waals surface area contributed by atoms with Gasteiger partial charge < -0.3 is 9.47 Å². The number of methoxy groups -OCH3 is 2. The molecule has 0 N–H and O–H groups in total. The first-order valence-electron chi connectivity index (χ1n) is 7.68. The summed E-state index contributed by atoms with van der Waals surface area (Å²) in [7, 11) is -2.52. The third-order valence-corrected chi connectivity index (χ3v) is 5.24. The number of para-hydroxylation sites is 1. The number of hydrogen-bond acceptors (Lipinski definition) is 7. The first kappa shape index (κ1) is 21.8. The molecule has 1 heterocycles. The van der Waals surface area contributed by atoms with E-state index >= 15 is 0 Å². The molecule has 152 valence electrons. The molecule has 1 aromatic heterocycles. The molecule has 1 amide bonds. The highest BCUT2D eigenvalue weighted by atomic mass is 35.5. The number of hydrogen-bond donors (Lipinski definition) is 0. The SMILES string of the molecule is COc1cc(OC)nc(Cc2cccc(Cl)c2N(C(C)=O)S(=O)(=O)C(F)F)n1. The Bertz CT molecular complexity index is 966. The lowest BCUT2D eigenvalue weighted by Gasteiger charge is -2.24. The minimum atomic E-state index is -5.28. The molecule has 0 bridgehead atoms. The second-order valence-corrected chi connectivity index (χ2v) is 7.54. The summed E-state index contributed by atoms with van der Waals surface area (Å²) in [6.45, 7) is 0.845. The standard InChI is InChI=1S/C16H16ClF2N3O5S/c1-9(23)22(28(24,25)16(18)19)15-10(5-4-6-11(15)17)7-12-20-13(26-2)8-14(21-12)27-3/h4-6,8,16H,7H2,1-3H3. The largest absolute Gasteiger partial charge is 0.481 e. The van der Waals surface area contributed by atoms with Crippen molar-refractivity contribution in [1.82, 2.24) is 9.97 Å².